The molecule has 0 bridgehead atoms. The largest absolute Gasteiger partial charge is 0.365 e. The van der Waals surface area contributed by atoms with E-state index in [1.54, 1.807) is 12.1 Å². The minimum absolute atomic E-state index is 0.0278. The normalized spacial score (nSPS) is 19.8. The molecule has 2 heterocycles. The maximum atomic E-state index is 14.4. The molecular weight excluding hydrogens is 359 g/mol. The molecule has 7 nitrogen and oxygen atoms in total. The number of nitrogens with two attached hydrogens (primary N) is 2. The van der Waals surface area contributed by atoms with Gasteiger partial charge in [0, 0.05) is 24.0 Å². The number of carbonyl (C=O) groups is 1. The number of nitrogens with one attached hydrogen (secondary N) is 2. The molecule has 9 heteroatoms. The zero-order chi connectivity index (χ0) is 18.7. The molecule has 1 saturated carbocycles. The fourth-order valence-corrected chi connectivity index (χ4v) is 3.18. The third-order valence-electron chi connectivity index (χ3n) is 4.37. The Labute approximate surface area is 155 Å². The third kappa shape index (κ3) is 4.20. The van der Waals surface area contributed by atoms with Gasteiger partial charge in [0.05, 0.1) is 5.56 Å². The summed E-state index contributed by atoms with van der Waals surface area (Å²) in [5.41, 5.74) is 12.0. The molecular formula is C17H20ClFN6O. The smallest absolute Gasteiger partial charge is 0.252 e. The van der Waals surface area contributed by atoms with E-state index in [-0.39, 0.29) is 34.4 Å². The van der Waals surface area contributed by atoms with Gasteiger partial charge in [-0.3, -0.25) is 4.79 Å². The lowest BCUT2D eigenvalue weighted by Gasteiger charge is -2.30. The number of anilines is 3. The molecule has 1 fully saturated rings. The van der Waals surface area contributed by atoms with Crippen molar-refractivity contribution in [3.05, 3.63) is 40.9 Å². The van der Waals surface area contributed by atoms with E-state index in [9.17, 15) is 9.18 Å². The van der Waals surface area contributed by atoms with Crippen molar-refractivity contribution in [2.45, 2.75) is 37.8 Å². The van der Waals surface area contributed by atoms with Crippen LogP contribution in [-0.2, 0) is 0 Å². The SMILES string of the molecule is NC(=O)c1cc(F)c(N[C@H]2CCCC[C@H]2N)nc1Nc1ccnc(Cl)c1. The number of nitrogens with zero attached hydrogens (tertiary/aromatic N) is 2. The topological polar surface area (TPSA) is 119 Å². The van der Waals surface area contributed by atoms with Crippen LogP contribution in [0.15, 0.2) is 24.4 Å². The van der Waals surface area contributed by atoms with Crippen molar-refractivity contribution in [3.8, 4) is 0 Å². The van der Waals surface area contributed by atoms with Crippen LogP contribution in [0, 0.1) is 5.82 Å². The van der Waals surface area contributed by atoms with Gasteiger partial charge in [0.15, 0.2) is 11.6 Å². The molecule has 1 amide bonds. The molecule has 1 aliphatic carbocycles. The Morgan fingerprint density at radius 2 is 2.04 bits per heavy atom. The summed E-state index contributed by atoms with van der Waals surface area (Å²) in [6.45, 7) is 0. The lowest BCUT2D eigenvalue weighted by atomic mass is 9.91. The van der Waals surface area contributed by atoms with Crippen molar-refractivity contribution in [1.29, 1.82) is 0 Å². The molecule has 0 spiro atoms. The first kappa shape index (κ1) is 18.3. The first-order chi connectivity index (χ1) is 12.4. The highest BCUT2D eigenvalue weighted by molar-refractivity contribution is 6.29. The van der Waals surface area contributed by atoms with E-state index in [0.717, 1.165) is 31.7 Å². The number of carbonyl (C=O) groups excluding carboxylic acids is 1. The summed E-state index contributed by atoms with van der Waals surface area (Å²) in [5, 5.41) is 6.27. The molecule has 2 aromatic heterocycles. The predicted octanol–water partition coefficient (Wildman–Crippen LogP) is 2.79. The minimum atomic E-state index is -0.792. The fraction of sp³-hybridized carbons (Fsp3) is 0.353. The Kier molecular flexibility index (Phi) is 5.53. The zero-order valence-corrected chi connectivity index (χ0v) is 14.8. The molecule has 0 saturated heterocycles. The van der Waals surface area contributed by atoms with Gasteiger partial charge in [-0.05, 0) is 31.0 Å². The van der Waals surface area contributed by atoms with Gasteiger partial charge in [0.25, 0.3) is 5.91 Å². The van der Waals surface area contributed by atoms with Crippen LogP contribution >= 0.6 is 11.6 Å². The number of halogens is 2. The maximum absolute atomic E-state index is 14.4. The van der Waals surface area contributed by atoms with Gasteiger partial charge in [-0.1, -0.05) is 24.4 Å². The molecule has 6 N–H and O–H groups in total. The molecule has 1 aliphatic rings. The van der Waals surface area contributed by atoms with Crippen LogP contribution in [0.5, 0.6) is 0 Å². The van der Waals surface area contributed by atoms with E-state index in [2.05, 4.69) is 20.6 Å². The van der Waals surface area contributed by atoms with E-state index in [1.807, 2.05) is 0 Å². The van der Waals surface area contributed by atoms with E-state index in [4.69, 9.17) is 23.1 Å². The molecule has 0 unspecified atom stereocenters. The second-order valence-corrected chi connectivity index (χ2v) is 6.66. The van der Waals surface area contributed by atoms with Crippen LogP contribution in [0.2, 0.25) is 5.15 Å². The highest BCUT2D eigenvalue weighted by atomic mass is 35.5. The van der Waals surface area contributed by atoms with Gasteiger partial charge in [-0.2, -0.15) is 0 Å². The zero-order valence-electron chi connectivity index (χ0n) is 14.0. The second-order valence-electron chi connectivity index (χ2n) is 6.27. The van der Waals surface area contributed by atoms with Crippen molar-refractivity contribution in [2.75, 3.05) is 10.6 Å². The average molecular weight is 379 g/mol. The van der Waals surface area contributed by atoms with Crippen LogP contribution in [0.25, 0.3) is 0 Å². The van der Waals surface area contributed by atoms with E-state index in [0.29, 0.717) is 5.69 Å². The van der Waals surface area contributed by atoms with Crippen molar-refractivity contribution in [1.82, 2.24) is 9.97 Å². The lowest BCUT2D eigenvalue weighted by molar-refractivity contribution is 0.100. The number of rotatable bonds is 5. The summed E-state index contributed by atoms with van der Waals surface area (Å²) in [5.74, 6) is -1.29. The van der Waals surface area contributed by atoms with Gasteiger partial charge in [0.2, 0.25) is 0 Å². The summed E-state index contributed by atoms with van der Waals surface area (Å²) in [4.78, 5) is 19.8. The standard InChI is InChI=1S/C17H20ClFN6O/c18-14-7-9(5-6-22-14)23-16-10(15(21)26)8-11(19)17(25-16)24-13-4-2-1-3-12(13)20/h5-8,12-13H,1-4,20H2,(H2,21,26)(H2,22,23,24,25)/t12-,13+/m1/s1. The van der Waals surface area contributed by atoms with Crippen molar-refractivity contribution >= 4 is 34.8 Å². The first-order valence-electron chi connectivity index (χ1n) is 8.35. The number of hydrogen-bond acceptors (Lipinski definition) is 6. The number of aromatic nitrogens is 2. The van der Waals surface area contributed by atoms with Crippen molar-refractivity contribution in [2.24, 2.45) is 11.5 Å². The summed E-state index contributed by atoms with van der Waals surface area (Å²) in [6.07, 6.45) is 5.29. The summed E-state index contributed by atoms with van der Waals surface area (Å²) < 4.78 is 14.4. The predicted molar refractivity (Wildman–Crippen MR) is 99.1 cm³/mol. The molecule has 138 valence electrons. The Morgan fingerprint density at radius 1 is 1.27 bits per heavy atom. The molecule has 2 aromatic rings. The second kappa shape index (κ2) is 7.84. The van der Waals surface area contributed by atoms with E-state index in [1.165, 1.54) is 6.20 Å². The van der Waals surface area contributed by atoms with Crippen LogP contribution in [-0.4, -0.2) is 28.0 Å². The van der Waals surface area contributed by atoms with E-state index < -0.39 is 11.7 Å². The van der Waals surface area contributed by atoms with Gasteiger partial charge in [-0.15, -0.1) is 0 Å². The average Bonchev–Trinajstić information content (AvgIpc) is 2.59. The number of amides is 1. The molecule has 0 aliphatic heterocycles. The Balaban J connectivity index is 1.92. The van der Waals surface area contributed by atoms with Gasteiger partial charge >= 0.3 is 0 Å². The number of pyridine rings is 2. The monoisotopic (exact) mass is 378 g/mol. The molecule has 0 aromatic carbocycles. The Hall–Kier alpha value is -2.45. The van der Waals surface area contributed by atoms with Crippen LogP contribution < -0.4 is 22.1 Å². The quantitative estimate of drug-likeness (QED) is 0.594. The maximum Gasteiger partial charge on any atom is 0.252 e. The number of primary amides is 1. The van der Waals surface area contributed by atoms with Gasteiger partial charge < -0.3 is 22.1 Å². The van der Waals surface area contributed by atoms with Crippen molar-refractivity contribution in [3.63, 3.8) is 0 Å². The van der Waals surface area contributed by atoms with Crippen molar-refractivity contribution < 1.29 is 9.18 Å². The Morgan fingerprint density at radius 3 is 2.73 bits per heavy atom. The third-order valence-corrected chi connectivity index (χ3v) is 4.58. The lowest BCUT2D eigenvalue weighted by Crippen LogP contribution is -2.43. The summed E-state index contributed by atoms with van der Waals surface area (Å²) >= 11 is 5.87. The van der Waals surface area contributed by atoms with Gasteiger partial charge in [-0.25, -0.2) is 14.4 Å². The molecule has 26 heavy (non-hydrogen) atoms. The highest BCUT2D eigenvalue weighted by Gasteiger charge is 2.24. The summed E-state index contributed by atoms with van der Waals surface area (Å²) in [7, 11) is 0. The van der Waals surface area contributed by atoms with Gasteiger partial charge in [0.1, 0.15) is 11.0 Å². The highest BCUT2D eigenvalue weighted by Crippen LogP contribution is 2.27. The van der Waals surface area contributed by atoms with E-state index >= 15 is 0 Å². The first-order valence-corrected chi connectivity index (χ1v) is 8.73. The van der Waals surface area contributed by atoms with Crippen LogP contribution in [0.3, 0.4) is 0 Å². The molecule has 3 rings (SSSR count). The minimum Gasteiger partial charge on any atom is -0.365 e. The molecule has 2 atom stereocenters. The summed E-state index contributed by atoms with van der Waals surface area (Å²) in [6, 6.07) is 4.12. The molecule has 0 radical (unpaired) electrons. The fourth-order valence-electron chi connectivity index (χ4n) is 3.00. The van der Waals surface area contributed by atoms with Crippen LogP contribution in [0.4, 0.5) is 21.7 Å². The number of hydrogen-bond donors (Lipinski definition) is 4. The Bertz CT molecular complexity index is 818. The van der Waals surface area contributed by atoms with Crippen LogP contribution in [0.1, 0.15) is 36.0 Å².